The molecule has 0 unspecified atom stereocenters. The highest BCUT2D eigenvalue weighted by Crippen LogP contribution is 2.36. The van der Waals surface area contributed by atoms with Gasteiger partial charge in [-0.2, -0.15) is 0 Å². The first kappa shape index (κ1) is 26.5. The number of furan rings is 1. The maximum absolute atomic E-state index is 13.6. The molecule has 0 bridgehead atoms. The summed E-state index contributed by atoms with van der Waals surface area (Å²) in [5, 5.41) is 0.595. The van der Waals surface area contributed by atoms with E-state index < -0.39 is 5.97 Å². The lowest BCUT2D eigenvalue weighted by molar-refractivity contribution is 0.0736. The van der Waals surface area contributed by atoms with Gasteiger partial charge in [-0.3, -0.25) is 4.79 Å². The van der Waals surface area contributed by atoms with Gasteiger partial charge < -0.3 is 13.9 Å². The summed E-state index contributed by atoms with van der Waals surface area (Å²) in [4.78, 5) is 26.4. The molecule has 6 rings (SSSR count). The van der Waals surface area contributed by atoms with Gasteiger partial charge in [0, 0.05) is 16.5 Å². The first-order valence-corrected chi connectivity index (χ1v) is 13.4. The minimum atomic E-state index is -0.559. The number of ether oxygens (including phenoxy) is 2. The van der Waals surface area contributed by atoms with Crippen LogP contribution in [0.2, 0.25) is 0 Å². The summed E-state index contributed by atoms with van der Waals surface area (Å²) in [5.74, 6) is 0.685. The quantitative estimate of drug-likeness (QED) is 0.0819. The molecule has 0 saturated carbocycles. The van der Waals surface area contributed by atoms with Gasteiger partial charge in [-0.15, -0.1) is 0 Å². The summed E-state index contributed by atoms with van der Waals surface area (Å²) < 4.78 is 17.3. The second-order valence-electron chi connectivity index (χ2n) is 9.64. The second-order valence-corrected chi connectivity index (χ2v) is 9.64. The van der Waals surface area contributed by atoms with Gasteiger partial charge in [-0.05, 0) is 53.1 Å². The number of carbonyl (C=O) groups is 2. The van der Waals surface area contributed by atoms with Gasteiger partial charge in [-0.1, -0.05) is 103 Å². The monoisotopic (exact) mass is 550 g/mol. The van der Waals surface area contributed by atoms with Crippen LogP contribution in [0.15, 0.2) is 138 Å². The molecule has 5 aromatic carbocycles. The van der Waals surface area contributed by atoms with E-state index in [1.807, 2.05) is 91.0 Å². The van der Waals surface area contributed by atoms with Gasteiger partial charge in [0.25, 0.3) is 0 Å². The summed E-state index contributed by atoms with van der Waals surface area (Å²) in [6, 6.07) is 39.3. The summed E-state index contributed by atoms with van der Waals surface area (Å²) >= 11 is 0. The number of esters is 1. The molecule has 0 atom stereocenters. The number of benzene rings is 5. The Balaban J connectivity index is 1.23. The summed E-state index contributed by atoms with van der Waals surface area (Å²) in [6.45, 7) is 0. The number of ketones is 1. The van der Waals surface area contributed by atoms with E-state index in [1.165, 1.54) is 6.08 Å². The molecule has 0 aliphatic heterocycles. The van der Waals surface area contributed by atoms with Crippen LogP contribution >= 0.6 is 0 Å². The van der Waals surface area contributed by atoms with Crippen molar-refractivity contribution in [2.45, 2.75) is 0 Å². The van der Waals surface area contributed by atoms with Crippen LogP contribution in [0.5, 0.6) is 11.5 Å². The van der Waals surface area contributed by atoms with Crippen LogP contribution in [-0.4, -0.2) is 18.9 Å². The summed E-state index contributed by atoms with van der Waals surface area (Å²) in [5.41, 5.74) is 5.06. The van der Waals surface area contributed by atoms with Gasteiger partial charge >= 0.3 is 5.97 Å². The Kier molecular flexibility index (Phi) is 7.47. The Hall–Kier alpha value is -5.68. The molecule has 204 valence electrons. The van der Waals surface area contributed by atoms with Crippen LogP contribution in [0.25, 0.3) is 39.5 Å². The van der Waals surface area contributed by atoms with Crippen molar-refractivity contribution in [1.29, 1.82) is 0 Å². The Morgan fingerprint density at radius 3 is 2.07 bits per heavy atom. The van der Waals surface area contributed by atoms with Crippen LogP contribution in [-0.2, 0) is 0 Å². The predicted octanol–water partition coefficient (Wildman–Crippen LogP) is 8.89. The average Bonchev–Trinajstić information content (AvgIpc) is 3.44. The minimum Gasteiger partial charge on any atom is -0.497 e. The highest BCUT2D eigenvalue weighted by atomic mass is 16.5. The lowest BCUT2D eigenvalue weighted by Crippen LogP contribution is -2.09. The van der Waals surface area contributed by atoms with Crippen LogP contribution < -0.4 is 9.47 Å². The van der Waals surface area contributed by atoms with Crippen molar-refractivity contribution in [2.24, 2.45) is 0 Å². The van der Waals surface area contributed by atoms with E-state index in [0.29, 0.717) is 39.4 Å². The molecule has 0 fully saturated rings. The predicted molar refractivity (Wildman–Crippen MR) is 165 cm³/mol. The molecule has 0 N–H and O–H groups in total. The van der Waals surface area contributed by atoms with Gasteiger partial charge in [0.15, 0.2) is 5.78 Å². The van der Waals surface area contributed by atoms with Crippen molar-refractivity contribution in [3.05, 3.63) is 150 Å². The van der Waals surface area contributed by atoms with E-state index in [2.05, 4.69) is 0 Å². The molecular weight excluding hydrogens is 524 g/mol. The maximum atomic E-state index is 13.6. The van der Waals surface area contributed by atoms with Crippen LogP contribution in [0.1, 0.15) is 26.3 Å². The molecular formula is C37H26O5. The maximum Gasteiger partial charge on any atom is 0.348 e. The van der Waals surface area contributed by atoms with Crippen molar-refractivity contribution in [3.8, 4) is 33.9 Å². The third-order valence-electron chi connectivity index (χ3n) is 6.91. The number of methoxy groups -OCH3 is 1. The number of allylic oxidation sites excluding steroid dienone is 1. The molecule has 5 heteroatoms. The molecule has 6 aromatic rings. The fourth-order valence-corrected chi connectivity index (χ4v) is 4.76. The van der Waals surface area contributed by atoms with E-state index in [4.69, 9.17) is 13.9 Å². The number of hydrogen-bond donors (Lipinski definition) is 0. The first-order chi connectivity index (χ1) is 20.6. The normalized spacial score (nSPS) is 11.1. The minimum absolute atomic E-state index is 0.122. The van der Waals surface area contributed by atoms with Gasteiger partial charge in [0.2, 0.25) is 0 Å². The second kappa shape index (κ2) is 11.8. The highest BCUT2D eigenvalue weighted by molar-refractivity contribution is 6.10. The SMILES string of the molecule is COc1ccc2oc(-c3ccccc3)c(C(=O)Oc3cccc(C=CC(=O)c4ccc(-c5ccccc5)cc4)c3)c2c1. The van der Waals surface area contributed by atoms with Crippen LogP contribution in [0.4, 0.5) is 0 Å². The summed E-state index contributed by atoms with van der Waals surface area (Å²) in [6.07, 6.45) is 3.22. The number of rotatable bonds is 8. The zero-order chi connectivity index (χ0) is 28.9. The van der Waals surface area contributed by atoms with Gasteiger partial charge in [0.05, 0.1) is 7.11 Å². The molecule has 0 radical (unpaired) electrons. The van der Waals surface area contributed by atoms with E-state index in [-0.39, 0.29) is 5.78 Å². The first-order valence-electron chi connectivity index (χ1n) is 13.4. The smallest absolute Gasteiger partial charge is 0.348 e. The molecule has 0 amide bonds. The largest absolute Gasteiger partial charge is 0.497 e. The number of hydrogen-bond acceptors (Lipinski definition) is 5. The molecule has 0 spiro atoms. The fourth-order valence-electron chi connectivity index (χ4n) is 4.76. The fraction of sp³-hybridized carbons (Fsp3) is 0.0270. The van der Waals surface area contributed by atoms with E-state index >= 15 is 0 Å². The molecule has 42 heavy (non-hydrogen) atoms. The van der Waals surface area contributed by atoms with Crippen molar-refractivity contribution in [2.75, 3.05) is 7.11 Å². The number of carbonyl (C=O) groups excluding carboxylic acids is 2. The summed E-state index contributed by atoms with van der Waals surface area (Å²) in [7, 11) is 1.57. The molecule has 5 nitrogen and oxygen atoms in total. The zero-order valence-electron chi connectivity index (χ0n) is 22.8. The Labute approximate surface area is 243 Å². The van der Waals surface area contributed by atoms with Crippen LogP contribution in [0, 0.1) is 0 Å². The van der Waals surface area contributed by atoms with Crippen molar-refractivity contribution in [1.82, 2.24) is 0 Å². The lowest BCUT2D eigenvalue weighted by Gasteiger charge is -2.07. The van der Waals surface area contributed by atoms with E-state index in [9.17, 15) is 9.59 Å². The molecule has 0 aliphatic rings. The third kappa shape index (κ3) is 5.62. The molecule has 1 aromatic heterocycles. The zero-order valence-corrected chi connectivity index (χ0v) is 22.8. The molecule has 1 heterocycles. The topological polar surface area (TPSA) is 65.7 Å². The van der Waals surface area contributed by atoms with Gasteiger partial charge in [0.1, 0.15) is 28.4 Å². The Bertz CT molecular complexity index is 1900. The van der Waals surface area contributed by atoms with E-state index in [0.717, 1.165) is 22.3 Å². The van der Waals surface area contributed by atoms with Crippen molar-refractivity contribution < 1.29 is 23.5 Å². The van der Waals surface area contributed by atoms with E-state index in [1.54, 1.807) is 49.6 Å². The lowest BCUT2D eigenvalue weighted by atomic mass is 10.0. The Morgan fingerprint density at radius 2 is 1.36 bits per heavy atom. The third-order valence-corrected chi connectivity index (χ3v) is 6.91. The number of fused-ring (bicyclic) bond motifs is 1. The van der Waals surface area contributed by atoms with Crippen molar-refractivity contribution >= 4 is 28.8 Å². The van der Waals surface area contributed by atoms with Crippen LogP contribution in [0.3, 0.4) is 0 Å². The Morgan fingerprint density at radius 1 is 0.667 bits per heavy atom. The molecule has 0 saturated heterocycles. The average molecular weight is 551 g/mol. The van der Waals surface area contributed by atoms with Crippen molar-refractivity contribution in [3.63, 3.8) is 0 Å². The van der Waals surface area contributed by atoms with Gasteiger partial charge in [-0.25, -0.2) is 4.79 Å². The standard InChI is InChI=1S/C37H26O5/c1-40-30-20-22-34-32(24-30)35(36(42-34)29-12-6-3-7-13-29)37(39)41-31-14-8-9-25(23-31)15-21-33(38)28-18-16-27(17-19-28)26-10-4-2-5-11-26/h2-24H,1H3. The highest BCUT2D eigenvalue weighted by Gasteiger charge is 2.24. The molecule has 0 aliphatic carbocycles.